The monoisotopic (exact) mass is 288 g/mol. The van der Waals surface area contributed by atoms with Crippen molar-refractivity contribution in [3.8, 4) is 0 Å². The van der Waals surface area contributed by atoms with Crippen molar-refractivity contribution in [2.24, 2.45) is 0 Å². The lowest BCUT2D eigenvalue weighted by Gasteiger charge is -2.13. The highest BCUT2D eigenvalue weighted by Gasteiger charge is 2.09. The predicted octanol–water partition coefficient (Wildman–Crippen LogP) is 4.30. The topological polar surface area (TPSA) is 49.8 Å². The van der Waals surface area contributed by atoms with E-state index in [0.717, 1.165) is 24.6 Å². The van der Waals surface area contributed by atoms with Crippen molar-refractivity contribution in [1.82, 2.24) is 9.97 Å². The third kappa shape index (κ3) is 4.15. The van der Waals surface area contributed by atoms with Crippen LogP contribution in [-0.4, -0.2) is 16.5 Å². The summed E-state index contributed by atoms with van der Waals surface area (Å²) in [5.41, 5.74) is 0.410. The van der Waals surface area contributed by atoms with E-state index in [1.54, 1.807) is 24.3 Å². The van der Waals surface area contributed by atoms with Gasteiger partial charge < -0.3 is 10.6 Å². The van der Waals surface area contributed by atoms with Crippen molar-refractivity contribution < 1.29 is 4.39 Å². The average molecular weight is 288 g/mol. The van der Waals surface area contributed by atoms with E-state index < -0.39 is 0 Å². The Hall–Kier alpha value is -2.17. The van der Waals surface area contributed by atoms with Gasteiger partial charge >= 0.3 is 0 Å². The molecule has 2 N–H and O–H groups in total. The first-order chi connectivity index (χ1) is 10.1. The van der Waals surface area contributed by atoms with E-state index in [1.807, 2.05) is 13.8 Å². The van der Waals surface area contributed by atoms with E-state index in [1.165, 1.54) is 6.07 Å². The summed E-state index contributed by atoms with van der Waals surface area (Å²) < 4.78 is 13.7. The second kappa shape index (κ2) is 7.02. The van der Waals surface area contributed by atoms with Gasteiger partial charge in [0.05, 0.1) is 5.69 Å². The van der Waals surface area contributed by atoms with Crippen LogP contribution in [0.1, 0.15) is 38.9 Å². The maximum atomic E-state index is 13.7. The number of hydrogen-bond donors (Lipinski definition) is 2. The van der Waals surface area contributed by atoms with Crippen molar-refractivity contribution in [2.75, 3.05) is 17.2 Å². The fraction of sp³-hybridized carbons (Fsp3) is 0.375. The molecule has 0 radical (unpaired) electrons. The molecule has 5 heteroatoms. The molecule has 0 aliphatic rings. The predicted molar refractivity (Wildman–Crippen MR) is 84.6 cm³/mol. The van der Waals surface area contributed by atoms with Crippen LogP contribution in [0.25, 0.3) is 0 Å². The zero-order valence-corrected chi connectivity index (χ0v) is 12.7. The van der Waals surface area contributed by atoms with Crippen LogP contribution in [-0.2, 0) is 0 Å². The van der Waals surface area contributed by atoms with Crippen LogP contribution in [0.15, 0.2) is 30.3 Å². The summed E-state index contributed by atoms with van der Waals surface area (Å²) in [6.45, 7) is 7.00. The molecule has 0 atom stereocenters. The van der Waals surface area contributed by atoms with Gasteiger partial charge in [0.15, 0.2) is 0 Å². The molecule has 2 aromatic rings. The van der Waals surface area contributed by atoms with Crippen LogP contribution >= 0.6 is 0 Å². The molecule has 1 heterocycles. The summed E-state index contributed by atoms with van der Waals surface area (Å²) in [5.74, 6) is 1.99. The number of benzene rings is 1. The third-order valence-corrected chi connectivity index (χ3v) is 2.95. The van der Waals surface area contributed by atoms with E-state index in [4.69, 9.17) is 0 Å². The largest absolute Gasteiger partial charge is 0.370 e. The molecule has 2 rings (SSSR count). The Morgan fingerprint density at radius 2 is 1.86 bits per heavy atom. The average Bonchev–Trinajstić information content (AvgIpc) is 2.47. The highest BCUT2D eigenvalue weighted by Crippen LogP contribution is 2.22. The van der Waals surface area contributed by atoms with Crippen LogP contribution in [0.3, 0.4) is 0 Å². The SMILES string of the molecule is CCCNc1cc(Nc2ccccc2F)nc(C(C)C)n1. The van der Waals surface area contributed by atoms with E-state index >= 15 is 0 Å². The van der Waals surface area contributed by atoms with Crippen LogP contribution < -0.4 is 10.6 Å². The number of halogens is 1. The lowest BCUT2D eigenvalue weighted by molar-refractivity contribution is 0.631. The number of nitrogens with zero attached hydrogens (tertiary/aromatic N) is 2. The number of nitrogens with one attached hydrogen (secondary N) is 2. The van der Waals surface area contributed by atoms with Gasteiger partial charge in [0.25, 0.3) is 0 Å². The smallest absolute Gasteiger partial charge is 0.146 e. The molecule has 0 aliphatic heterocycles. The van der Waals surface area contributed by atoms with Crippen LogP contribution in [0, 0.1) is 5.82 Å². The molecule has 0 unspecified atom stereocenters. The minimum Gasteiger partial charge on any atom is -0.370 e. The van der Waals surface area contributed by atoms with Crippen molar-refractivity contribution in [1.29, 1.82) is 0 Å². The molecule has 0 saturated heterocycles. The lowest BCUT2D eigenvalue weighted by atomic mass is 10.2. The zero-order valence-electron chi connectivity index (χ0n) is 12.7. The first kappa shape index (κ1) is 15.2. The first-order valence-corrected chi connectivity index (χ1v) is 7.24. The van der Waals surface area contributed by atoms with Crippen molar-refractivity contribution in [3.05, 3.63) is 42.0 Å². The number of para-hydroxylation sites is 1. The maximum Gasteiger partial charge on any atom is 0.146 e. The summed E-state index contributed by atoms with van der Waals surface area (Å²) in [4.78, 5) is 8.93. The molecule has 0 amide bonds. The van der Waals surface area contributed by atoms with Gasteiger partial charge in [-0.15, -0.1) is 0 Å². The fourth-order valence-electron chi connectivity index (χ4n) is 1.83. The Morgan fingerprint density at radius 3 is 2.52 bits per heavy atom. The van der Waals surface area contributed by atoms with E-state index in [-0.39, 0.29) is 11.7 Å². The quantitative estimate of drug-likeness (QED) is 0.832. The summed E-state index contributed by atoms with van der Waals surface area (Å²) >= 11 is 0. The molecule has 0 fully saturated rings. The van der Waals surface area contributed by atoms with Crippen molar-refractivity contribution in [2.45, 2.75) is 33.1 Å². The Balaban J connectivity index is 2.29. The van der Waals surface area contributed by atoms with E-state index in [2.05, 4.69) is 27.5 Å². The Bertz CT molecular complexity index is 599. The Kier molecular flexibility index (Phi) is 5.09. The number of anilines is 3. The molecule has 112 valence electrons. The van der Waals surface area contributed by atoms with E-state index in [0.29, 0.717) is 11.5 Å². The first-order valence-electron chi connectivity index (χ1n) is 7.24. The van der Waals surface area contributed by atoms with E-state index in [9.17, 15) is 4.39 Å². The molecular formula is C16H21FN4. The molecule has 0 spiro atoms. The van der Waals surface area contributed by atoms with Gasteiger partial charge in [0.1, 0.15) is 23.3 Å². The Labute approximate surface area is 124 Å². The fourth-order valence-corrected chi connectivity index (χ4v) is 1.83. The third-order valence-electron chi connectivity index (χ3n) is 2.95. The molecule has 0 bridgehead atoms. The number of hydrogen-bond acceptors (Lipinski definition) is 4. The number of aromatic nitrogens is 2. The molecule has 1 aromatic carbocycles. The molecule has 21 heavy (non-hydrogen) atoms. The minimum atomic E-state index is -0.301. The van der Waals surface area contributed by atoms with Gasteiger partial charge in [-0.2, -0.15) is 0 Å². The van der Waals surface area contributed by atoms with Crippen LogP contribution in [0.2, 0.25) is 0 Å². The van der Waals surface area contributed by atoms with Crippen molar-refractivity contribution in [3.63, 3.8) is 0 Å². The maximum absolute atomic E-state index is 13.7. The minimum absolute atomic E-state index is 0.203. The summed E-state index contributed by atoms with van der Waals surface area (Å²) in [7, 11) is 0. The van der Waals surface area contributed by atoms with Crippen LogP contribution in [0.5, 0.6) is 0 Å². The van der Waals surface area contributed by atoms with Crippen LogP contribution in [0.4, 0.5) is 21.7 Å². The van der Waals surface area contributed by atoms with Gasteiger partial charge in [0, 0.05) is 18.5 Å². The molecule has 0 saturated carbocycles. The second-order valence-electron chi connectivity index (χ2n) is 5.18. The molecule has 1 aromatic heterocycles. The highest BCUT2D eigenvalue weighted by atomic mass is 19.1. The second-order valence-corrected chi connectivity index (χ2v) is 5.18. The molecular weight excluding hydrogens is 267 g/mol. The summed E-state index contributed by atoms with van der Waals surface area (Å²) in [6.07, 6.45) is 1.01. The summed E-state index contributed by atoms with van der Waals surface area (Å²) in [5, 5.41) is 6.26. The molecule has 4 nitrogen and oxygen atoms in total. The normalized spacial score (nSPS) is 10.7. The van der Waals surface area contributed by atoms with Gasteiger partial charge in [-0.1, -0.05) is 32.9 Å². The standard InChI is InChI=1S/C16H21FN4/c1-4-9-18-14-10-15(21-16(20-14)11(2)3)19-13-8-6-5-7-12(13)17/h5-8,10-11H,4,9H2,1-3H3,(H2,18,19,20,21). The molecule has 0 aliphatic carbocycles. The lowest BCUT2D eigenvalue weighted by Crippen LogP contribution is -2.08. The zero-order chi connectivity index (χ0) is 15.2. The highest BCUT2D eigenvalue weighted by molar-refractivity contribution is 5.59. The summed E-state index contributed by atoms with van der Waals surface area (Å²) in [6, 6.07) is 8.35. The van der Waals surface area contributed by atoms with Crippen molar-refractivity contribution >= 4 is 17.3 Å². The van der Waals surface area contributed by atoms with Gasteiger partial charge in [-0.3, -0.25) is 0 Å². The number of rotatable bonds is 6. The van der Waals surface area contributed by atoms with Gasteiger partial charge in [-0.25, -0.2) is 14.4 Å². The van der Waals surface area contributed by atoms with Gasteiger partial charge in [-0.05, 0) is 18.6 Å². The Morgan fingerprint density at radius 1 is 1.14 bits per heavy atom. The van der Waals surface area contributed by atoms with Gasteiger partial charge in [0.2, 0.25) is 0 Å².